The fourth-order valence-electron chi connectivity index (χ4n) is 3.20. The minimum atomic E-state index is -0.418. The van der Waals surface area contributed by atoms with Crippen LogP contribution in [0.3, 0.4) is 0 Å². The molecule has 4 rings (SSSR count). The molecule has 162 valence electrons. The van der Waals surface area contributed by atoms with Crippen LogP contribution >= 0.6 is 0 Å². The molecule has 0 atom stereocenters. The molecule has 0 N–H and O–H groups in total. The number of hydrogen-bond donors (Lipinski definition) is 0. The molecule has 0 saturated carbocycles. The predicted molar refractivity (Wildman–Crippen MR) is 115 cm³/mol. The average Bonchev–Trinajstić information content (AvgIpc) is 3.12. The summed E-state index contributed by atoms with van der Waals surface area (Å²) in [5.41, 5.74) is 1.39. The molecule has 0 fully saturated rings. The van der Waals surface area contributed by atoms with Gasteiger partial charge in [0.25, 0.3) is 0 Å². The molecule has 0 bridgehead atoms. The van der Waals surface area contributed by atoms with Crippen LogP contribution in [0.2, 0.25) is 0 Å². The van der Waals surface area contributed by atoms with E-state index < -0.39 is 5.82 Å². The summed E-state index contributed by atoms with van der Waals surface area (Å²) in [6.45, 7) is -0.232. The van der Waals surface area contributed by atoms with E-state index in [1.54, 1.807) is 49.6 Å². The molecule has 0 aromatic heterocycles. The second-order valence-electron chi connectivity index (χ2n) is 6.92. The quantitative estimate of drug-likeness (QED) is 0.396. The lowest BCUT2D eigenvalue weighted by atomic mass is 10.1. The van der Waals surface area contributed by atoms with Gasteiger partial charge in [-0.3, -0.25) is 9.59 Å². The molecule has 0 unspecified atom stereocenters. The second-order valence-corrected chi connectivity index (χ2v) is 6.92. The molecule has 1 aliphatic rings. The molecule has 7 heteroatoms. The van der Waals surface area contributed by atoms with Crippen LogP contribution in [0.15, 0.2) is 66.4 Å². The van der Waals surface area contributed by atoms with Gasteiger partial charge in [-0.15, -0.1) is 0 Å². The SMILES string of the molecule is COc1ccc(/C=C2\Oc3cc(OCC(=O)c4ccc(F)cc4)ccc3C2=O)c(OC)c1. The Morgan fingerprint density at radius 3 is 2.44 bits per heavy atom. The van der Waals surface area contributed by atoms with Crippen molar-refractivity contribution < 1.29 is 32.9 Å². The highest BCUT2D eigenvalue weighted by Gasteiger charge is 2.28. The molecule has 6 nitrogen and oxygen atoms in total. The molecule has 1 heterocycles. The van der Waals surface area contributed by atoms with Crippen molar-refractivity contribution in [2.24, 2.45) is 0 Å². The van der Waals surface area contributed by atoms with Crippen molar-refractivity contribution in [3.8, 4) is 23.0 Å². The number of carbonyl (C=O) groups excluding carboxylic acids is 2. The Morgan fingerprint density at radius 1 is 0.969 bits per heavy atom. The van der Waals surface area contributed by atoms with Crippen LogP contribution in [0.4, 0.5) is 4.39 Å². The number of ketones is 2. The minimum absolute atomic E-state index is 0.142. The van der Waals surface area contributed by atoms with Gasteiger partial charge in [-0.1, -0.05) is 0 Å². The zero-order valence-electron chi connectivity index (χ0n) is 17.4. The maximum atomic E-state index is 13.0. The van der Waals surface area contributed by atoms with Gasteiger partial charge in [0.15, 0.2) is 18.1 Å². The standard InChI is InChI=1S/C25H19FO6/c1-29-18-8-5-16(22(12-18)30-2)11-24-25(28)20-10-9-19(13-23(20)32-24)31-14-21(27)15-3-6-17(26)7-4-15/h3-13H,14H2,1-2H3/b24-11-. The van der Waals surface area contributed by atoms with E-state index in [0.717, 1.165) is 0 Å². The molecule has 1 aliphatic heterocycles. The number of ether oxygens (including phenoxy) is 4. The van der Waals surface area contributed by atoms with Gasteiger partial charge >= 0.3 is 0 Å². The number of rotatable bonds is 7. The van der Waals surface area contributed by atoms with Crippen molar-refractivity contribution in [3.63, 3.8) is 0 Å². The summed E-state index contributed by atoms with van der Waals surface area (Å²) in [4.78, 5) is 24.9. The third-order valence-electron chi connectivity index (χ3n) is 4.90. The predicted octanol–water partition coefficient (Wildman–Crippen LogP) is 4.72. The fraction of sp³-hybridized carbons (Fsp3) is 0.120. The number of carbonyl (C=O) groups is 2. The van der Waals surface area contributed by atoms with Gasteiger partial charge in [-0.2, -0.15) is 0 Å². The van der Waals surface area contributed by atoms with E-state index in [1.165, 1.54) is 31.4 Å². The summed E-state index contributed by atoms with van der Waals surface area (Å²) in [5, 5.41) is 0. The summed E-state index contributed by atoms with van der Waals surface area (Å²) in [6.07, 6.45) is 1.60. The molecular weight excluding hydrogens is 415 g/mol. The lowest BCUT2D eigenvalue weighted by molar-refractivity contribution is 0.0920. The number of Topliss-reactive ketones (excluding diaryl/α,β-unsaturated/α-hetero) is 2. The maximum Gasteiger partial charge on any atom is 0.231 e. The zero-order chi connectivity index (χ0) is 22.7. The van der Waals surface area contributed by atoms with Crippen molar-refractivity contribution in [1.82, 2.24) is 0 Å². The van der Waals surface area contributed by atoms with E-state index in [0.29, 0.717) is 39.7 Å². The highest BCUT2D eigenvalue weighted by Crippen LogP contribution is 2.36. The van der Waals surface area contributed by atoms with E-state index in [9.17, 15) is 14.0 Å². The van der Waals surface area contributed by atoms with Crippen LogP contribution in [-0.4, -0.2) is 32.4 Å². The van der Waals surface area contributed by atoms with Crippen LogP contribution < -0.4 is 18.9 Å². The Hall–Kier alpha value is -4.13. The number of fused-ring (bicyclic) bond motifs is 1. The van der Waals surface area contributed by atoms with Gasteiger partial charge in [-0.05, 0) is 54.6 Å². The Balaban J connectivity index is 1.49. The largest absolute Gasteiger partial charge is 0.497 e. The first-order chi connectivity index (χ1) is 15.5. The summed E-state index contributed by atoms with van der Waals surface area (Å²) < 4.78 is 34.8. The lowest BCUT2D eigenvalue weighted by Gasteiger charge is -2.08. The van der Waals surface area contributed by atoms with Crippen LogP contribution in [-0.2, 0) is 0 Å². The number of methoxy groups -OCH3 is 2. The first kappa shape index (κ1) is 21.1. The number of benzene rings is 3. The van der Waals surface area contributed by atoms with Crippen LogP contribution in [0.25, 0.3) is 6.08 Å². The second kappa shape index (κ2) is 8.93. The monoisotopic (exact) mass is 434 g/mol. The highest BCUT2D eigenvalue weighted by molar-refractivity contribution is 6.14. The van der Waals surface area contributed by atoms with Crippen molar-refractivity contribution in [1.29, 1.82) is 0 Å². The molecule has 0 amide bonds. The van der Waals surface area contributed by atoms with E-state index in [-0.39, 0.29) is 23.9 Å². The minimum Gasteiger partial charge on any atom is -0.497 e. The van der Waals surface area contributed by atoms with Crippen LogP contribution in [0, 0.1) is 5.82 Å². The van der Waals surface area contributed by atoms with Crippen LogP contribution in [0.1, 0.15) is 26.3 Å². The van der Waals surface area contributed by atoms with Gasteiger partial charge in [-0.25, -0.2) is 4.39 Å². The van der Waals surface area contributed by atoms with Gasteiger partial charge < -0.3 is 18.9 Å². The lowest BCUT2D eigenvalue weighted by Crippen LogP contribution is -2.11. The van der Waals surface area contributed by atoms with Gasteiger partial charge in [0.2, 0.25) is 5.78 Å². The molecule has 3 aromatic rings. The zero-order valence-corrected chi connectivity index (χ0v) is 17.4. The van der Waals surface area contributed by atoms with E-state index in [2.05, 4.69) is 0 Å². The number of hydrogen-bond acceptors (Lipinski definition) is 6. The Bertz CT molecular complexity index is 1210. The highest BCUT2D eigenvalue weighted by atomic mass is 19.1. The third kappa shape index (κ3) is 4.32. The van der Waals surface area contributed by atoms with Gasteiger partial charge in [0, 0.05) is 23.3 Å². The summed E-state index contributed by atoms with van der Waals surface area (Å²) >= 11 is 0. The molecule has 0 spiro atoms. The summed E-state index contributed by atoms with van der Waals surface area (Å²) in [7, 11) is 3.08. The summed E-state index contributed by atoms with van der Waals surface area (Å²) in [5.74, 6) is 1.02. The van der Waals surface area contributed by atoms with Crippen molar-refractivity contribution in [2.75, 3.05) is 20.8 Å². The van der Waals surface area contributed by atoms with Gasteiger partial charge in [0.05, 0.1) is 19.8 Å². The van der Waals surface area contributed by atoms with E-state index >= 15 is 0 Å². The van der Waals surface area contributed by atoms with Crippen molar-refractivity contribution in [3.05, 3.63) is 88.9 Å². The van der Waals surface area contributed by atoms with Gasteiger partial charge in [0.1, 0.15) is 28.8 Å². The molecule has 0 radical (unpaired) electrons. The fourth-order valence-corrected chi connectivity index (χ4v) is 3.20. The third-order valence-corrected chi connectivity index (χ3v) is 4.90. The molecule has 32 heavy (non-hydrogen) atoms. The average molecular weight is 434 g/mol. The maximum absolute atomic E-state index is 13.0. The molecule has 3 aromatic carbocycles. The molecule has 0 saturated heterocycles. The smallest absolute Gasteiger partial charge is 0.231 e. The number of halogens is 1. The van der Waals surface area contributed by atoms with E-state index in [4.69, 9.17) is 18.9 Å². The Morgan fingerprint density at radius 2 is 1.72 bits per heavy atom. The van der Waals surface area contributed by atoms with Crippen molar-refractivity contribution >= 4 is 17.6 Å². The van der Waals surface area contributed by atoms with Crippen LogP contribution in [0.5, 0.6) is 23.0 Å². The molecular formula is C25H19FO6. The first-order valence-corrected chi connectivity index (χ1v) is 9.70. The Kier molecular flexibility index (Phi) is 5.89. The molecule has 0 aliphatic carbocycles. The summed E-state index contributed by atoms with van der Waals surface area (Å²) in [6, 6.07) is 15.2. The topological polar surface area (TPSA) is 71.1 Å². The van der Waals surface area contributed by atoms with Crippen molar-refractivity contribution in [2.45, 2.75) is 0 Å². The Labute approximate surface area is 183 Å². The first-order valence-electron chi connectivity index (χ1n) is 9.70. The van der Waals surface area contributed by atoms with E-state index in [1.807, 2.05) is 0 Å². The number of allylic oxidation sites excluding steroid dienone is 1. The normalized spacial score (nSPS) is 13.5.